The average Bonchev–Trinajstić information content (AvgIpc) is 2.54. The first-order chi connectivity index (χ1) is 12.4. The summed E-state index contributed by atoms with van der Waals surface area (Å²) in [5.41, 5.74) is -4.09. The van der Waals surface area contributed by atoms with Gasteiger partial charge >= 0.3 is 12.4 Å². The number of halogens is 8. The van der Waals surface area contributed by atoms with Gasteiger partial charge in [0.25, 0.3) is 5.91 Å². The minimum Gasteiger partial charge on any atom is -0.484 e. The van der Waals surface area contributed by atoms with Crippen LogP contribution in [-0.4, -0.2) is 12.5 Å². The van der Waals surface area contributed by atoms with Crippen LogP contribution in [0.15, 0.2) is 36.4 Å². The summed E-state index contributed by atoms with van der Waals surface area (Å²) in [7, 11) is 0. The third kappa shape index (κ3) is 5.31. The Kier molecular flexibility index (Phi) is 5.62. The van der Waals surface area contributed by atoms with Crippen LogP contribution >= 0.6 is 0 Å². The second kappa shape index (κ2) is 7.41. The van der Waals surface area contributed by atoms with Gasteiger partial charge in [-0.25, -0.2) is 8.78 Å². The molecule has 0 saturated carbocycles. The number of nitrogens with one attached hydrogen (secondary N) is 1. The molecule has 2 aromatic carbocycles. The lowest BCUT2D eigenvalue weighted by Crippen LogP contribution is -2.22. The normalized spacial score (nSPS) is 12.0. The number of carbonyl (C=O) groups is 1. The summed E-state index contributed by atoms with van der Waals surface area (Å²) in [5.74, 6) is -4.32. The number of benzene rings is 2. The van der Waals surface area contributed by atoms with Gasteiger partial charge in [0.05, 0.1) is 11.1 Å². The van der Waals surface area contributed by atoms with Crippen molar-refractivity contribution in [3.05, 3.63) is 59.2 Å². The highest BCUT2D eigenvalue weighted by Crippen LogP contribution is 2.38. The Bertz CT molecular complexity index is 793. The molecule has 0 spiro atoms. The number of para-hydroxylation sites is 1. The van der Waals surface area contributed by atoms with Crippen LogP contribution in [0, 0.1) is 11.6 Å². The van der Waals surface area contributed by atoms with Gasteiger partial charge in [-0.2, -0.15) is 26.3 Å². The largest absolute Gasteiger partial charge is 0.484 e. The summed E-state index contributed by atoms with van der Waals surface area (Å²) in [4.78, 5) is 11.6. The second-order valence-corrected chi connectivity index (χ2v) is 5.18. The maximum absolute atomic E-state index is 13.4. The highest BCUT2D eigenvalue weighted by Gasteiger charge is 2.37. The highest BCUT2D eigenvalue weighted by molar-refractivity contribution is 5.92. The van der Waals surface area contributed by atoms with Gasteiger partial charge in [0.1, 0.15) is 23.1 Å². The van der Waals surface area contributed by atoms with Crippen molar-refractivity contribution < 1.29 is 44.7 Å². The fourth-order valence-electron chi connectivity index (χ4n) is 1.95. The molecule has 0 aromatic heterocycles. The maximum atomic E-state index is 13.4. The standard InChI is InChI=1S/C16H9F8NO2/c17-11-2-1-3-12(18)14(11)25-13(26)7-27-10-5-8(15(19,20)21)4-9(6-10)16(22,23)24/h1-6H,7H2,(H,25,26). The van der Waals surface area contributed by atoms with E-state index < -0.39 is 59.1 Å². The summed E-state index contributed by atoms with van der Waals surface area (Å²) < 4.78 is 108. The number of hydrogen-bond donors (Lipinski definition) is 1. The second-order valence-electron chi connectivity index (χ2n) is 5.18. The van der Waals surface area contributed by atoms with E-state index >= 15 is 0 Å². The van der Waals surface area contributed by atoms with Gasteiger partial charge in [0, 0.05) is 0 Å². The smallest absolute Gasteiger partial charge is 0.416 e. The van der Waals surface area contributed by atoms with Gasteiger partial charge in [0.15, 0.2) is 6.61 Å². The number of anilines is 1. The van der Waals surface area contributed by atoms with Crippen LogP contribution < -0.4 is 10.1 Å². The van der Waals surface area contributed by atoms with E-state index in [1.807, 2.05) is 0 Å². The van der Waals surface area contributed by atoms with Crippen LogP contribution in [0.4, 0.5) is 40.8 Å². The molecule has 1 N–H and O–H groups in total. The first-order valence-electron chi connectivity index (χ1n) is 7.04. The molecule has 0 radical (unpaired) electrons. The van der Waals surface area contributed by atoms with E-state index in [-0.39, 0.29) is 18.2 Å². The number of hydrogen-bond acceptors (Lipinski definition) is 2. The Morgan fingerprint density at radius 1 is 0.889 bits per heavy atom. The molecule has 0 fully saturated rings. The molecule has 0 heterocycles. The van der Waals surface area contributed by atoms with Crippen molar-refractivity contribution in [3.8, 4) is 5.75 Å². The van der Waals surface area contributed by atoms with E-state index in [0.29, 0.717) is 0 Å². The first kappa shape index (κ1) is 20.5. The van der Waals surface area contributed by atoms with Gasteiger partial charge in [0.2, 0.25) is 0 Å². The number of amides is 1. The van der Waals surface area contributed by atoms with E-state index in [9.17, 15) is 39.9 Å². The summed E-state index contributed by atoms with van der Waals surface area (Å²) >= 11 is 0. The Balaban J connectivity index is 2.18. The molecule has 0 atom stereocenters. The van der Waals surface area contributed by atoms with E-state index in [0.717, 1.165) is 18.2 Å². The highest BCUT2D eigenvalue weighted by atomic mass is 19.4. The lowest BCUT2D eigenvalue weighted by atomic mass is 10.1. The zero-order valence-electron chi connectivity index (χ0n) is 13.0. The third-order valence-electron chi connectivity index (χ3n) is 3.16. The third-order valence-corrected chi connectivity index (χ3v) is 3.16. The van der Waals surface area contributed by atoms with Gasteiger partial charge in [-0.15, -0.1) is 0 Å². The predicted molar refractivity (Wildman–Crippen MR) is 76.9 cm³/mol. The lowest BCUT2D eigenvalue weighted by molar-refractivity contribution is -0.143. The quantitative estimate of drug-likeness (QED) is 0.734. The van der Waals surface area contributed by atoms with Crippen LogP contribution in [0.1, 0.15) is 11.1 Å². The molecule has 0 aliphatic heterocycles. The molecule has 0 aliphatic carbocycles. The minimum atomic E-state index is -5.09. The van der Waals surface area contributed by atoms with Crippen LogP contribution in [0.5, 0.6) is 5.75 Å². The summed E-state index contributed by atoms with van der Waals surface area (Å²) in [5, 5.41) is 1.78. The van der Waals surface area contributed by atoms with Crippen molar-refractivity contribution in [2.45, 2.75) is 12.4 Å². The fraction of sp³-hybridized carbons (Fsp3) is 0.188. The molecule has 11 heteroatoms. The van der Waals surface area contributed by atoms with Crippen LogP contribution in [-0.2, 0) is 17.1 Å². The molecule has 3 nitrogen and oxygen atoms in total. The van der Waals surface area contributed by atoms with Crippen molar-refractivity contribution in [1.29, 1.82) is 0 Å². The zero-order chi connectivity index (χ0) is 20.4. The van der Waals surface area contributed by atoms with Crippen molar-refractivity contribution in [3.63, 3.8) is 0 Å². The Morgan fingerprint density at radius 2 is 1.37 bits per heavy atom. The summed E-state index contributed by atoms with van der Waals surface area (Å²) in [6, 6.07) is 3.13. The topological polar surface area (TPSA) is 38.3 Å². The Labute approximate surface area is 146 Å². The maximum Gasteiger partial charge on any atom is 0.416 e. The number of rotatable bonds is 4. The number of carbonyl (C=O) groups excluding carboxylic acids is 1. The summed E-state index contributed by atoms with van der Waals surface area (Å²) in [6.07, 6.45) is -10.2. The molecular weight excluding hydrogens is 390 g/mol. The van der Waals surface area contributed by atoms with Crippen LogP contribution in [0.2, 0.25) is 0 Å². The molecule has 146 valence electrons. The molecule has 0 saturated heterocycles. The van der Waals surface area contributed by atoms with E-state index in [2.05, 4.69) is 4.74 Å². The van der Waals surface area contributed by atoms with E-state index in [1.54, 1.807) is 5.32 Å². The Hall–Kier alpha value is -2.85. The fourth-order valence-corrected chi connectivity index (χ4v) is 1.95. The first-order valence-corrected chi connectivity index (χ1v) is 7.04. The number of ether oxygens (including phenoxy) is 1. The lowest BCUT2D eigenvalue weighted by Gasteiger charge is -2.15. The van der Waals surface area contributed by atoms with Gasteiger partial charge in [-0.05, 0) is 30.3 Å². The predicted octanol–water partition coefficient (Wildman–Crippen LogP) is 5.02. The SMILES string of the molecule is O=C(COc1cc(C(F)(F)F)cc(C(F)(F)F)c1)Nc1c(F)cccc1F. The van der Waals surface area contributed by atoms with Crippen LogP contribution in [0.25, 0.3) is 0 Å². The number of alkyl halides is 6. The molecule has 27 heavy (non-hydrogen) atoms. The molecule has 2 rings (SSSR count). The average molecular weight is 399 g/mol. The van der Waals surface area contributed by atoms with Gasteiger partial charge < -0.3 is 10.1 Å². The molecular formula is C16H9F8NO2. The van der Waals surface area contributed by atoms with E-state index in [1.165, 1.54) is 0 Å². The van der Waals surface area contributed by atoms with Gasteiger partial charge in [-0.1, -0.05) is 6.07 Å². The molecule has 1 amide bonds. The molecule has 2 aromatic rings. The zero-order valence-corrected chi connectivity index (χ0v) is 13.0. The summed E-state index contributed by atoms with van der Waals surface area (Å²) in [6.45, 7) is -1.08. The molecule has 0 bridgehead atoms. The minimum absolute atomic E-state index is 0.109. The molecule has 0 aliphatic rings. The Morgan fingerprint density at radius 3 is 1.81 bits per heavy atom. The van der Waals surface area contributed by atoms with Crippen molar-refractivity contribution in [1.82, 2.24) is 0 Å². The van der Waals surface area contributed by atoms with Crippen molar-refractivity contribution in [2.75, 3.05) is 11.9 Å². The molecule has 0 unspecified atom stereocenters. The van der Waals surface area contributed by atoms with E-state index in [4.69, 9.17) is 0 Å². The monoisotopic (exact) mass is 399 g/mol. The van der Waals surface area contributed by atoms with Crippen molar-refractivity contribution >= 4 is 11.6 Å². The van der Waals surface area contributed by atoms with Crippen molar-refractivity contribution in [2.24, 2.45) is 0 Å². The van der Waals surface area contributed by atoms with Gasteiger partial charge in [-0.3, -0.25) is 4.79 Å². The van der Waals surface area contributed by atoms with Crippen LogP contribution in [0.3, 0.4) is 0 Å².